The number of hydrogen-bond acceptors (Lipinski definition) is 2. The van der Waals surface area contributed by atoms with Gasteiger partial charge in [-0.1, -0.05) is 74.5 Å². The normalized spacial score (nSPS) is 11.7. The van der Waals surface area contributed by atoms with E-state index in [0.29, 0.717) is 0 Å². The van der Waals surface area contributed by atoms with Crippen LogP contribution in [-0.2, 0) is 0 Å². The Morgan fingerprint density at radius 1 is 0.857 bits per heavy atom. The molecule has 2 nitrogen and oxygen atoms in total. The van der Waals surface area contributed by atoms with Gasteiger partial charge < -0.3 is 10.2 Å². The van der Waals surface area contributed by atoms with Crippen LogP contribution in [0, 0.1) is 12.3 Å². The van der Waals surface area contributed by atoms with Gasteiger partial charge in [0, 0.05) is 19.1 Å². The maximum atomic E-state index is 9.43. The van der Waals surface area contributed by atoms with Gasteiger partial charge in [0.15, 0.2) is 0 Å². The molecule has 1 unspecified atom stereocenters. The van der Waals surface area contributed by atoms with Gasteiger partial charge in [-0.3, -0.25) is 0 Å². The topological polar surface area (TPSA) is 40.5 Å². The summed E-state index contributed by atoms with van der Waals surface area (Å²) >= 11 is 0. The summed E-state index contributed by atoms with van der Waals surface area (Å²) in [6.45, 7) is 4.29. The van der Waals surface area contributed by atoms with E-state index in [2.05, 4.69) is 55.5 Å². The van der Waals surface area contributed by atoms with Crippen molar-refractivity contribution < 1.29 is 10.2 Å². The van der Waals surface area contributed by atoms with Crippen LogP contribution in [0.15, 0.2) is 60.7 Å². The fourth-order valence-corrected chi connectivity index (χ4v) is 2.28. The molecule has 0 aliphatic rings. The first-order valence-corrected chi connectivity index (χ1v) is 7.34. The number of hydrogen-bond donors (Lipinski definition) is 2. The molecule has 21 heavy (non-hydrogen) atoms. The first-order chi connectivity index (χ1) is 10.2. The van der Waals surface area contributed by atoms with Crippen molar-refractivity contribution in [3.8, 4) is 0 Å². The average Bonchev–Trinajstić information content (AvgIpc) is 2.57. The van der Waals surface area contributed by atoms with Gasteiger partial charge in [0.1, 0.15) is 0 Å². The van der Waals surface area contributed by atoms with E-state index in [4.69, 9.17) is 5.11 Å². The number of aliphatic hydroxyl groups is 2. The largest absolute Gasteiger partial charge is 0.396 e. The van der Waals surface area contributed by atoms with Gasteiger partial charge in [-0.05, 0) is 23.5 Å². The molecule has 2 aromatic rings. The van der Waals surface area contributed by atoms with E-state index in [1.807, 2.05) is 12.1 Å². The van der Waals surface area contributed by atoms with Crippen LogP contribution in [0.2, 0.25) is 0 Å². The maximum Gasteiger partial charge on any atom is 0.0465 e. The molecule has 0 aromatic heterocycles. The van der Waals surface area contributed by atoms with E-state index in [-0.39, 0.29) is 25.0 Å². The van der Waals surface area contributed by atoms with Gasteiger partial charge in [-0.25, -0.2) is 0 Å². The van der Waals surface area contributed by atoms with E-state index in [0.717, 1.165) is 0 Å². The molecule has 0 heterocycles. The third-order valence-electron chi connectivity index (χ3n) is 3.36. The van der Waals surface area contributed by atoms with Gasteiger partial charge in [0.25, 0.3) is 0 Å². The highest BCUT2D eigenvalue weighted by molar-refractivity contribution is 5.33. The Balaban J connectivity index is 0.000000491. The third-order valence-corrected chi connectivity index (χ3v) is 3.36. The molecule has 1 radical (unpaired) electrons. The van der Waals surface area contributed by atoms with Crippen molar-refractivity contribution in [2.45, 2.75) is 19.8 Å². The molecule has 2 rings (SSSR count). The fourth-order valence-electron chi connectivity index (χ4n) is 2.28. The average molecular weight is 285 g/mol. The molecule has 0 aliphatic carbocycles. The van der Waals surface area contributed by atoms with Crippen molar-refractivity contribution in [3.63, 3.8) is 0 Å². The number of benzene rings is 2. The highest BCUT2D eigenvalue weighted by Gasteiger charge is 2.20. The van der Waals surface area contributed by atoms with Crippen molar-refractivity contribution in [1.82, 2.24) is 0 Å². The maximum absolute atomic E-state index is 9.43. The Labute approximate surface area is 128 Å². The molecule has 0 saturated carbocycles. The Bertz CT molecular complexity index is 426. The van der Waals surface area contributed by atoms with Crippen LogP contribution < -0.4 is 0 Å². The Kier molecular flexibility index (Phi) is 8.41. The second-order valence-electron chi connectivity index (χ2n) is 5.05. The lowest BCUT2D eigenvalue weighted by molar-refractivity contribution is 0.225. The SMILES string of the molecule is CC(CO)C(c1ccccc1)c1ccccc1.C[CH]CO. The molecule has 0 aliphatic heterocycles. The van der Waals surface area contributed by atoms with Crippen molar-refractivity contribution in [3.05, 3.63) is 78.2 Å². The van der Waals surface area contributed by atoms with Crippen LogP contribution in [0.5, 0.6) is 0 Å². The highest BCUT2D eigenvalue weighted by atomic mass is 16.3. The minimum absolute atomic E-state index is 0.194. The molecule has 1 atom stereocenters. The predicted molar refractivity (Wildman–Crippen MR) is 88.0 cm³/mol. The highest BCUT2D eigenvalue weighted by Crippen LogP contribution is 2.31. The van der Waals surface area contributed by atoms with Crippen LogP contribution in [0.25, 0.3) is 0 Å². The zero-order valence-corrected chi connectivity index (χ0v) is 12.8. The minimum atomic E-state index is 0.194. The second kappa shape index (κ2) is 10.1. The standard InChI is InChI=1S/C16H18O.C3H7O/c1-13(12-17)16(14-8-4-2-5-9-14)15-10-6-3-7-11-15;1-2-3-4/h2-11,13,16-17H,12H2,1H3;2,4H,3H2,1H3. The van der Waals surface area contributed by atoms with Crippen molar-refractivity contribution in [2.24, 2.45) is 5.92 Å². The predicted octanol–water partition coefficient (Wildman–Crippen LogP) is 3.65. The summed E-state index contributed by atoms with van der Waals surface area (Å²) in [6, 6.07) is 20.8. The van der Waals surface area contributed by atoms with E-state index >= 15 is 0 Å². The van der Waals surface area contributed by atoms with Crippen LogP contribution in [0.3, 0.4) is 0 Å². The van der Waals surface area contributed by atoms with E-state index in [1.54, 1.807) is 13.3 Å². The third kappa shape index (κ3) is 5.70. The Hall–Kier alpha value is -1.64. The fraction of sp³-hybridized carbons (Fsp3) is 0.316. The Morgan fingerprint density at radius 3 is 1.52 bits per heavy atom. The van der Waals surface area contributed by atoms with E-state index in [9.17, 15) is 5.11 Å². The van der Waals surface area contributed by atoms with Crippen molar-refractivity contribution >= 4 is 0 Å². The molecule has 0 fully saturated rings. The van der Waals surface area contributed by atoms with Crippen LogP contribution in [0.1, 0.15) is 30.9 Å². The quantitative estimate of drug-likeness (QED) is 0.880. The van der Waals surface area contributed by atoms with Gasteiger partial charge in [0.05, 0.1) is 0 Å². The lowest BCUT2D eigenvalue weighted by Crippen LogP contribution is -2.14. The lowest BCUT2D eigenvalue weighted by Gasteiger charge is -2.23. The zero-order valence-electron chi connectivity index (χ0n) is 12.8. The summed E-state index contributed by atoms with van der Waals surface area (Å²) in [5.41, 5.74) is 2.53. The first kappa shape index (κ1) is 17.4. The molecule has 2 N–H and O–H groups in total. The van der Waals surface area contributed by atoms with Gasteiger partial charge in [0.2, 0.25) is 0 Å². The summed E-state index contributed by atoms with van der Waals surface area (Å²) in [4.78, 5) is 0. The van der Waals surface area contributed by atoms with Crippen molar-refractivity contribution in [1.29, 1.82) is 0 Å². The van der Waals surface area contributed by atoms with E-state index in [1.165, 1.54) is 11.1 Å². The van der Waals surface area contributed by atoms with Crippen molar-refractivity contribution in [2.75, 3.05) is 13.2 Å². The van der Waals surface area contributed by atoms with E-state index < -0.39 is 0 Å². The summed E-state index contributed by atoms with van der Waals surface area (Å²) < 4.78 is 0. The molecule has 0 spiro atoms. The molecule has 0 bridgehead atoms. The second-order valence-corrected chi connectivity index (χ2v) is 5.05. The smallest absolute Gasteiger partial charge is 0.0465 e. The number of rotatable bonds is 5. The minimum Gasteiger partial charge on any atom is -0.396 e. The van der Waals surface area contributed by atoms with Gasteiger partial charge in [-0.15, -0.1) is 0 Å². The molecule has 2 heteroatoms. The number of aliphatic hydroxyl groups excluding tert-OH is 2. The zero-order chi connectivity index (χ0) is 15.5. The van der Waals surface area contributed by atoms with Crippen LogP contribution in [-0.4, -0.2) is 23.4 Å². The van der Waals surface area contributed by atoms with Crippen LogP contribution in [0.4, 0.5) is 0 Å². The summed E-state index contributed by atoms with van der Waals surface area (Å²) in [5, 5.41) is 17.2. The summed E-state index contributed by atoms with van der Waals surface area (Å²) in [6.07, 6.45) is 1.68. The summed E-state index contributed by atoms with van der Waals surface area (Å²) in [5.74, 6) is 0.488. The van der Waals surface area contributed by atoms with Crippen LogP contribution >= 0.6 is 0 Å². The molecule has 0 amide bonds. The van der Waals surface area contributed by atoms with Gasteiger partial charge in [-0.2, -0.15) is 0 Å². The monoisotopic (exact) mass is 285 g/mol. The molecular weight excluding hydrogens is 260 g/mol. The van der Waals surface area contributed by atoms with Gasteiger partial charge >= 0.3 is 0 Å². The Morgan fingerprint density at radius 2 is 1.24 bits per heavy atom. The summed E-state index contributed by atoms with van der Waals surface area (Å²) in [7, 11) is 0. The molecular formula is C19H25O2. The molecule has 0 saturated heterocycles. The molecule has 113 valence electrons. The first-order valence-electron chi connectivity index (χ1n) is 7.34. The molecule has 2 aromatic carbocycles. The lowest BCUT2D eigenvalue weighted by atomic mass is 9.82.